The number of likely N-dealkylation sites (tertiary alicyclic amines) is 1. The highest BCUT2D eigenvalue weighted by molar-refractivity contribution is 5.93. The lowest BCUT2D eigenvalue weighted by atomic mass is 9.75. The minimum absolute atomic E-state index is 0.0521. The Morgan fingerprint density at radius 3 is 2.65 bits per heavy atom. The molecule has 9 heteroatoms. The van der Waals surface area contributed by atoms with Crippen LogP contribution in [-0.2, 0) is 25.5 Å². The van der Waals surface area contributed by atoms with Crippen LogP contribution in [0, 0.1) is 18.3 Å². The maximum Gasteiger partial charge on any atom is 0.243 e. The molecule has 230 valence electrons. The third kappa shape index (κ3) is 7.83. The molecule has 43 heavy (non-hydrogen) atoms. The summed E-state index contributed by atoms with van der Waals surface area (Å²) in [4.78, 5) is 42.7. The molecular formula is C34H44N4O5. The molecule has 3 N–H and O–H groups in total. The number of carbonyl (C=O) groups excluding carboxylic acids is 3. The summed E-state index contributed by atoms with van der Waals surface area (Å²) >= 11 is 0. The minimum Gasteiger partial charge on any atom is -0.497 e. The number of rotatable bonds is 6. The van der Waals surface area contributed by atoms with Crippen LogP contribution in [0.15, 0.2) is 60.7 Å². The molecule has 0 saturated carbocycles. The highest BCUT2D eigenvalue weighted by atomic mass is 16.5. The lowest BCUT2D eigenvalue weighted by Crippen LogP contribution is -2.58. The second-order valence-electron chi connectivity index (χ2n) is 12.1. The lowest BCUT2D eigenvalue weighted by molar-refractivity contribution is -0.140. The molecule has 2 fully saturated rings. The summed E-state index contributed by atoms with van der Waals surface area (Å²) < 4.78 is 10.9. The predicted octanol–water partition coefficient (Wildman–Crippen LogP) is 3.62. The number of fused-ring (bicyclic) bond motifs is 1. The van der Waals surface area contributed by atoms with Gasteiger partial charge in [0.1, 0.15) is 11.8 Å². The Balaban J connectivity index is 1.31. The van der Waals surface area contributed by atoms with Gasteiger partial charge in [-0.1, -0.05) is 48.6 Å². The number of carbonyl (C=O) groups is 3. The van der Waals surface area contributed by atoms with Gasteiger partial charge in [0.15, 0.2) is 0 Å². The van der Waals surface area contributed by atoms with Crippen molar-refractivity contribution in [3.63, 3.8) is 0 Å². The van der Waals surface area contributed by atoms with Gasteiger partial charge in [0.05, 0.1) is 19.1 Å². The molecule has 3 aliphatic heterocycles. The topological polar surface area (TPSA) is 109 Å². The molecule has 3 heterocycles. The fourth-order valence-corrected chi connectivity index (χ4v) is 6.46. The Morgan fingerprint density at radius 1 is 1.09 bits per heavy atom. The number of nitrogens with zero attached hydrogens (tertiary/aromatic N) is 1. The molecule has 2 aromatic rings. The Kier molecular flexibility index (Phi) is 10.1. The van der Waals surface area contributed by atoms with Crippen molar-refractivity contribution in [2.75, 3.05) is 45.3 Å². The number of benzene rings is 2. The molecule has 3 atom stereocenters. The molecule has 0 aliphatic carbocycles. The number of amides is 3. The van der Waals surface area contributed by atoms with E-state index in [4.69, 9.17) is 9.47 Å². The van der Waals surface area contributed by atoms with Crippen LogP contribution in [0.1, 0.15) is 43.2 Å². The number of methoxy groups -OCH3 is 1. The molecule has 1 spiro atoms. The predicted molar refractivity (Wildman–Crippen MR) is 166 cm³/mol. The van der Waals surface area contributed by atoms with E-state index in [2.05, 4.69) is 33.0 Å². The first-order valence-corrected chi connectivity index (χ1v) is 15.4. The number of ether oxygens (including phenoxy) is 2. The van der Waals surface area contributed by atoms with Gasteiger partial charge >= 0.3 is 0 Å². The maximum absolute atomic E-state index is 13.8. The molecule has 9 nitrogen and oxygen atoms in total. The summed E-state index contributed by atoms with van der Waals surface area (Å²) in [5, 5.41) is 9.49. The number of piperidine rings is 1. The van der Waals surface area contributed by atoms with Crippen LogP contribution in [0.3, 0.4) is 0 Å². The van der Waals surface area contributed by atoms with Gasteiger partial charge in [-0.05, 0) is 62.1 Å². The van der Waals surface area contributed by atoms with Crippen molar-refractivity contribution in [3.8, 4) is 5.75 Å². The molecule has 0 aromatic heterocycles. The van der Waals surface area contributed by atoms with Gasteiger partial charge in [-0.25, -0.2) is 0 Å². The zero-order valence-corrected chi connectivity index (χ0v) is 25.3. The van der Waals surface area contributed by atoms with Gasteiger partial charge in [-0.15, -0.1) is 0 Å². The summed E-state index contributed by atoms with van der Waals surface area (Å²) in [6, 6.07) is 14.7. The highest BCUT2D eigenvalue weighted by Gasteiger charge is 2.41. The van der Waals surface area contributed by atoms with Gasteiger partial charge in [-0.2, -0.15) is 0 Å². The van der Waals surface area contributed by atoms with Crippen LogP contribution in [-0.4, -0.2) is 74.7 Å². The summed E-state index contributed by atoms with van der Waals surface area (Å²) in [5.41, 5.74) is 2.13. The second-order valence-corrected chi connectivity index (χ2v) is 12.1. The third-order valence-corrected chi connectivity index (χ3v) is 9.18. The summed E-state index contributed by atoms with van der Waals surface area (Å²) in [7, 11) is 1.61. The molecule has 0 bridgehead atoms. The van der Waals surface area contributed by atoms with Gasteiger partial charge in [0.2, 0.25) is 17.7 Å². The fourth-order valence-electron chi connectivity index (χ4n) is 6.46. The van der Waals surface area contributed by atoms with E-state index in [1.807, 2.05) is 55.5 Å². The van der Waals surface area contributed by atoms with E-state index in [9.17, 15) is 14.4 Å². The molecule has 5 rings (SSSR count). The number of allylic oxidation sites excluding steroid dienone is 2. The van der Waals surface area contributed by atoms with E-state index in [1.165, 1.54) is 0 Å². The molecule has 2 saturated heterocycles. The third-order valence-electron chi connectivity index (χ3n) is 9.18. The quantitative estimate of drug-likeness (QED) is 0.445. The van der Waals surface area contributed by atoms with E-state index in [0.29, 0.717) is 57.7 Å². The Labute approximate surface area is 254 Å². The summed E-state index contributed by atoms with van der Waals surface area (Å²) in [5.74, 6) is 0.536. The first-order chi connectivity index (χ1) is 20.8. The van der Waals surface area contributed by atoms with E-state index in [0.717, 1.165) is 29.7 Å². The van der Waals surface area contributed by atoms with Crippen LogP contribution in [0.2, 0.25) is 0 Å². The number of hydrogen-bond acceptors (Lipinski definition) is 6. The largest absolute Gasteiger partial charge is 0.497 e. The van der Waals surface area contributed by atoms with Crippen molar-refractivity contribution in [2.24, 2.45) is 11.3 Å². The van der Waals surface area contributed by atoms with E-state index in [-0.39, 0.29) is 36.2 Å². The average Bonchev–Trinajstić information content (AvgIpc) is 3.01. The van der Waals surface area contributed by atoms with E-state index >= 15 is 0 Å². The number of anilines is 1. The van der Waals surface area contributed by atoms with Crippen LogP contribution in [0.25, 0.3) is 0 Å². The van der Waals surface area contributed by atoms with Crippen molar-refractivity contribution < 1.29 is 23.9 Å². The van der Waals surface area contributed by atoms with Crippen LogP contribution in [0.4, 0.5) is 5.69 Å². The molecule has 0 radical (unpaired) electrons. The van der Waals surface area contributed by atoms with Gasteiger partial charge in [0.25, 0.3) is 0 Å². The highest BCUT2D eigenvalue weighted by Crippen LogP contribution is 2.36. The molecule has 0 unspecified atom stereocenters. The fraction of sp³-hybridized carbons (Fsp3) is 0.500. The first kappa shape index (κ1) is 30.8. The summed E-state index contributed by atoms with van der Waals surface area (Å²) in [6.45, 7) is 4.68. The Morgan fingerprint density at radius 2 is 1.88 bits per heavy atom. The minimum atomic E-state index is -0.673. The van der Waals surface area contributed by atoms with Crippen LogP contribution in [0.5, 0.6) is 5.75 Å². The maximum atomic E-state index is 13.8. The van der Waals surface area contributed by atoms with Gasteiger partial charge in [0, 0.05) is 50.5 Å². The SMILES string of the molecule is COc1ccc(C)c(NC(=O)CN2CC[C@@H]3NC(=O)[C@@H](Cc4ccccc4)NC(=O)C4(C/C=C/C[C@@H]3C2)CCOCC4)c1. The summed E-state index contributed by atoms with van der Waals surface area (Å²) in [6.07, 6.45) is 8.07. The first-order valence-electron chi connectivity index (χ1n) is 15.4. The van der Waals surface area contributed by atoms with Crippen molar-refractivity contribution in [1.29, 1.82) is 0 Å². The molecular weight excluding hydrogens is 544 g/mol. The molecule has 2 aromatic carbocycles. The van der Waals surface area contributed by atoms with E-state index in [1.54, 1.807) is 7.11 Å². The number of hydrogen-bond donors (Lipinski definition) is 3. The van der Waals surface area contributed by atoms with Gasteiger partial charge < -0.3 is 25.4 Å². The standard InChI is InChI=1S/C34H44N4O5/c1-24-11-12-27(42-2)21-29(24)35-31(39)23-38-17-13-28-26(22-38)10-6-7-14-34(15-18-43-19-16-34)33(41)37-30(32(40)36-28)20-25-8-4-3-5-9-25/h3-9,11-12,21,26,28,30H,10,13-20,22-23H2,1-2H3,(H,35,39)(H,36,40)(H,37,41)/b7-6+/t26-,28+,30-/m1/s1. The Hall–Kier alpha value is -3.69. The van der Waals surface area contributed by atoms with Crippen molar-refractivity contribution in [2.45, 2.75) is 57.5 Å². The smallest absolute Gasteiger partial charge is 0.243 e. The molecule has 3 amide bonds. The van der Waals surface area contributed by atoms with Crippen molar-refractivity contribution >= 4 is 23.4 Å². The number of aryl methyl sites for hydroxylation is 1. The van der Waals surface area contributed by atoms with Crippen LogP contribution < -0.4 is 20.7 Å². The zero-order chi connectivity index (χ0) is 30.2. The lowest BCUT2D eigenvalue weighted by Gasteiger charge is -2.40. The Bertz CT molecular complexity index is 1310. The van der Waals surface area contributed by atoms with E-state index < -0.39 is 11.5 Å². The van der Waals surface area contributed by atoms with Crippen LogP contribution >= 0.6 is 0 Å². The van der Waals surface area contributed by atoms with Crippen molar-refractivity contribution in [3.05, 3.63) is 71.8 Å². The monoisotopic (exact) mass is 588 g/mol. The normalized spacial score (nSPS) is 25.3. The van der Waals surface area contributed by atoms with Gasteiger partial charge in [-0.3, -0.25) is 19.3 Å². The average molecular weight is 589 g/mol. The molecule has 3 aliphatic rings. The van der Waals surface area contributed by atoms with Crippen molar-refractivity contribution in [1.82, 2.24) is 15.5 Å². The number of nitrogens with one attached hydrogen (secondary N) is 3. The second kappa shape index (κ2) is 14.2. The zero-order valence-electron chi connectivity index (χ0n) is 25.3.